The maximum atomic E-state index is 13.9. The molecule has 5 rings (SSSR count). The molecule has 3 aromatic carbocycles. The van der Waals surface area contributed by atoms with Crippen LogP contribution in [0.15, 0.2) is 89.1 Å². The van der Waals surface area contributed by atoms with E-state index in [0.29, 0.717) is 36.5 Å². The standard InChI is InChI=1S/C31H30Cl2N2O4S/c1-20-26(31(36)39-17-16-35(2)19-21-9-4-3-5-10-21)27(24-13-8-14-25(32)28(24)33)30-29(34-20)23-12-7-6-11-22(23)15-18-40(30,37)38/h3-14,27,30H,15-19H2,1-2H3. The highest BCUT2D eigenvalue weighted by Gasteiger charge is 2.48. The van der Waals surface area contributed by atoms with Crippen LogP contribution in [0.1, 0.15) is 35.1 Å². The summed E-state index contributed by atoms with van der Waals surface area (Å²) >= 11 is 13.1. The molecular weight excluding hydrogens is 567 g/mol. The summed E-state index contributed by atoms with van der Waals surface area (Å²) in [5.41, 5.74) is 4.30. The van der Waals surface area contributed by atoms with E-state index in [4.69, 9.17) is 32.9 Å². The Morgan fingerprint density at radius 3 is 2.52 bits per heavy atom. The molecule has 0 N–H and O–H groups in total. The summed E-state index contributed by atoms with van der Waals surface area (Å²) in [6.45, 7) is 3.05. The molecule has 0 saturated heterocycles. The van der Waals surface area contributed by atoms with Gasteiger partial charge in [0, 0.05) is 30.3 Å². The lowest BCUT2D eigenvalue weighted by Gasteiger charge is -2.33. The molecule has 0 bridgehead atoms. The van der Waals surface area contributed by atoms with E-state index in [0.717, 1.165) is 16.7 Å². The van der Waals surface area contributed by atoms with E-state index in [9.17, 15) is 13.2 Å². The minimum absolute atomic E-state index is 0.0754. The zero-order valence-electron chi connectivity index (χ0n) is 22.3. The average molecular weight is 598 g/mol. The van der Waals surface area contributed by atoms with Gasteiger partial charge in [-0.2, -0.15) is 0 Å². The molecule has 0 radical (unpaired) electrons. The molecule has 208 valence electrons. The van der Waals surface area contributed by atoms with Crippen LogP contribution >= 0.6 is 23.2 Å². The Balaban J connectivity index is 1.52. The van der Waals surface area contributed by atoms with Crippen LogP contribution in [0, 0.1) is 0 Å². The molecule has 0 aliphatic carbocycles. The Kier molecular flexibility index (Phi) is 8.47. The van der Waals surface area contributed by atoms with Gasteiger partial charge in [-0.15, -0.1) is 0 Å². The molecule has 2 aliphatic rings. The number of likely N-dealkylation sites (N-methyl/N-ethyl adjacent to an activating group) is 1. The lowest BCUT2D eigenvalue weighted by Crippen LogP contribution is -2.42. The summed E-state index contributed by atoms with van der Waals surface area (Å²) in [5.74, 6) is -1.61. The third kappa shape index (κ3) is 5.75. The highest BCUT2D eigenvalue weighted by Crippen LogP contribution is 2.45. The van der Waals surface area contributed by atoms with E-state index in [2.05, 4.69) is 4.90 Å². The third-order valence-corrected chi connectivity index (χ3v) is 10.3. The van der Waals surface area contributed by atoms with Crippen molar-refractivity contribution in [2.75, 3.05) is 26.0 Å². The maximum Gasteiger partial charge on any atom is 0.336 e. The Bertz CT molecular complexity index is 1600. The van der Waals surface area contributed by atoms with Gasteiger partial charge in [-0.3, -0.25) is 9.89 Å². The molecule has 0 spiro atoms. The van der Waals surface area contributed by atoms with Crippen molar-refractivity contribution in [3.05, 3.63) is 116 Å². The van der Waals surface area contributed by atoms with Crippen molar-refractivity contribution in [2.24, 2.45) is 4.99 Å². The summed E-state index contributed by atoms with van der Waals surface area (Å²) in [6, 6.07) is 22.7. The molecule has 0 fully saturated rings. The number of nitrogens with zero attached hydrogens (tertiary/aromatic N) is 2. The van der Waals surface area contributed by atoms with Crippen molar-refractivity contribution in [3.8, 4) is 0 Å². The SMILES string of the molecule is CC1=C(C(=O)OCCN(C)Cc2ccccc2)C(c2cccc(Cl)c2Cl)C2C(=N1)c1ccccc1CCS2(=O)=O. The second-order valence-corrected chi connectivity index (χ2v) is 13.2. The zero-order valence-corrected chi connectivity index (χ0v) is 24.6. The largest absolute Gasteiger partial charge is 0.461 e. The van der Waals surface area contributed by atoms with Crippen molar-refractivity contribution >= 4 is 44.7 Å². The van der Waals surface area contributed by atoms with Gasteiger partial charge in [-0.05, 0) is 43.1 Å². The predicted molar refractivity (Wildman–Crippen MR) is 160 cm³/mol. The zero-order chi connectivity index (χ0) is 28.4. The van der Waals surface area contributed by atoms with E-state index < -0.39 is 27.0 Å². The lowest BCUT2D eigenvalue weighted by atomic mass is 9.81. The summed E-state index contributed by atoms with van der Waals surface area (Å²) in [7, 11) is -1.80. The van der Waals surface area contributed by atoms with Crippen LogP contribution in [0.5, 0.6) is 0 Å². The first-order valence-corrected chi connectivity index (χ1v) is 15.6. The van der Waals surface area contributed by atoms with Gasteiger partial charge in [0.15, 0.2) is 9.84 Å². The Morgan fingerprint density at radius 1 is 1.02 bits per heavy atom. The van der Waals surface area contributed by atoms with E-state index in [-0.39, 0.29) is 28.0 Å². The first-order valence-electron chi connectivity index (χ1n) is 13.1. The number of rotatable bonds is 7. The van der Waals surface area contributed by atoms with Crippen LogP contribution in [-0.2, 0) is 32.3 Å². The topological polar surface area (TPSA) is 76.0 Å². The minimum atomic E-state index is -3.76. The molecule has 2 heterocycles. The van der Waals surface area contributed by atoms with Gasteiger partial charge < -0.3 is 4.74 Å². The number of halogens is 2. The molecule has 40 heavy (non-hydrogen) atoms. The van der Waals surface area contributed by atoms with Gasteiger partial charge in [0.25, 0.3) is 0 Å². The number of sulfone groups is 1. The summed E-state index contributed by atoms with van der Waals surface area (Å²) in [4.78, 5) is 20.5. The van der Waals surface area contributed by atoms with Crippen LogP contribution in [-0.4, -0.2) is 56.2 Å². The van der Waals surface area contributed by atoms with Gasteiger partial charge in [-0.1, -0.05) is 89.9 Å². The van der Waals surface area contributed by atoms with Crippen molar-refractivity contribution in [1.82, 2.24) is 4.90 Å². The fraction of sp³-hybridized carbons (Fsp3) is 0.290. The molecule has 3 aromatic rings. The number of hydrogen-bond acceptors (Lipinski definition) is 6. The number of ether oxygens (including phenoxy) is 1. The summed E-state index contributed by atoms with van der Waals surface area (Å²) in [5, 5.41) is -0.620. The fourth-order valence-electron chi connectivity index (χ4n) is 5.50. The third-order valence-electron chi connectivity index (χ3n) is 7.44. The number of aliphatic imine (C=N–C) groups is 1. The Hall–Kier alpha value is -2.97. The van der Waals surface area contributed by atoms with E-state index in [1.807, 2.05) is 61.6 Å². The first-order chi connectivity index (χ1) is 19.2. The van der Waals surface area contributed by atoms with Crippen LogP contribution in [0.3, 0.4) is 0 Å². The number of esters is 1. The monoisotopic (exact) mass is 596 g/mol. The lowest BCUT2D eigenvalue weighted by molar-refractivity contribution is -0.139. The second-order valence-electron chi connectivity index (χ2n) is 10.2. The molecule has 0 amide bonds. The van der Waals surface area contributed by atoms with Gasteiger partial charge in [0.05, 0.1) is 27.1 Å². The van der Waals surface area contributed by atoms with Crippen molar-refractivity contribution < 1.29 is 17.9 Å². The Labute approximate surface area is 245 Å². The molecular formula is C31H30Cl2N2O4S. The van der Waals surface area contributed by atoms with Crippen LogP contribution in [0.25, 0.3) is 0 Å². The number of allylic oxidation sites excluding steroid dienone is 1. The van der Waals surface area contributed by atoms with Crippen molar-refractivity contribution in [3.63, 3.8) is 0 Å². The smallest absolute Gasteiger partial charge is 0.336 e. The first kappa shape index (κ1) is 28.6. The summed E-state index contributed by atoms with van der Waals surface area (Å²) in [6.07, 6.45) is 0.358. The molecule has 2 aliphatic heterocycles. The summed E-state index contributed by atoms with van der Waals surface area (Å²) < 4.78 is 33.5. The van der Waals surface area contributed by atoms with Crippen molar-refractivity contribution in [1.29, 1.82) is 0 Å². The second kappa shape index (κ2) is 11.9. The minimum Gasteiger partial charge on any atom is -0.461 e. The van der Waals surface area contributed by atoms with Crippen LogP contribution in [0.2, 0.25) is 10.0 Å². The van der Waals surface area contributed by atoms with E-state index in [1.54, 1.807) is 25.1 Å². The maximum absolute atomic E-state index is 13.9. The Morgan fingerprint density at radius 2 is 1.75 bits per heavy atom. The normalized spacial score (nSPS) is 19.9. The number of fused-ring (bicyclic) bond motifs is 3. The van der Waals surface area contributed by atoms with Gasteiger partial charge in [0.2, 0.25) is 0 Å². The van der Waals surface area contributed by atoms with Crippen molar-refractivity contribution in [2.45, 2.75) is 31.1 Å². The van der Waals surface area contributed by atoms with Gasteiger partial charge in [0.1, 0.15) is 11.9 Å². The number of benzene rings is 3. The molecule has 0 aromatic heterocycles. The average Bonchev–Trinajstić information content (AvgIpc) is 3.04. The van der Waals surface area contributed by atoms with E-state index in [1.165, 1.54) is 0 Å². The van der Waals surface area contributed by atoms with Gasteiger partial charge in [-0.25, -0.2) is 13.2 Å². The highest BCUT2D eigenvalue weighted by atomic mass is 35.5. The predicted octanol–water partition coefficient (Wildman–Crippen LogP) is 5.87. The van der Waals surface area contributed by atoms with Gasteiger partial charge >= 0.3 is 5.97 Å². The van der Waals surface area contributed by atoms with Crippen LogP contribution in [0.4, 0.5) is 0 Å². The fourth-order valence-corrected chi connectivity index (χ4v) is 7.90. The number of carbonyl (C=O) groups excluding carboxylic acids is 1. The quantitative estimate of drug-likeness (QED) is 0.319. The molecule has 2 atom stereocenters. The molecule has 9 heteroatoms. The number of aryl methyl sites for hydroxylation is 1. The number of hydrogen-bond donors (Lipinski definition) is 0. The molecule has 0 saturated carbocycles. The molecule has 2 unspecified atom stereocenters. The highest BCUT2D eigenvalue weighted by molar-refractivity contribution is 7.92. The van der Waals surface area contributed by atoms with E-state index >= 15 is 0 Å². The van der Waals surface area contributed by atoms with Crippen LogP contribution < -0.4 is 0 Å². The molecule has 6 nitrogen and oxygen atoms in total. The number of carbonyl (C=O) groups is 1.